The van der Waals surface area contributed by atoms with Gasteiger partial charge >= 0.3 is 5.97 Å². The quantitative estimate of drug-likeness (QED) is 0.0975. The van der Waals surface area contributed by atoms with Crippen molar-refractivity contribution in [2.24, 2.45) is 22.2 Å². The molecule has 0 aliphatic heterocycles. The van der Waals surface area contributed by atoms with Gasteiger partial charge in [0.15, 0.2) is 5.96 Å². The Balaban J connectivity index is 2.76. The minimum Gasteiger partial charge on any atom is -0.480 e. The standard InChI is InChI=1S/C17H30N8O4S/c1-30-6-4-12(16(28)29)24-15(27)13(7-10-8-21-9-23-10)25-14(26)11(18)3-2-5-22-17(19)20/h8-9,11-13H,2-7,18H2,1H3,(H,21,23)(H,24,27)(H,25,26)(H,28,29)(H4,19,20,22)/t11-,12-,13-/m0/s1. The van der Waals surface area contributed by atoms with E-state index in [1.807, 2.05) is 6.26 Å². The van der Waals surface area contributed by atoms with E-state index in [2.05, 4.69) is 25.6 Å². The number of aliphatic carboxylic acids is 1. The summed E-state index contributed by atoms with van der Waals surface area (Å²) in [4.78, 5) is 47.2. The Bertz CT molecular complexity index is 709. The third-order valence-corrected chi connectivity index (χ3v) is 4.79. The maximum absolute atomic E-state index is 12.7. The number of carboxylic acid groups (broad SMARTS) is 1. The van der Waals surface area contributed by atoms with E-state index in [4.69, 9.17) is 17.2 Å². The highest BCUT2D eigenvalue weighted by atomic mass is 32.2. The van der Waals surface area contributed by atoms with Crippen molar-refractivity contribution in [3.05, 3.63) is 18.2 Å². The number of nitrogens with zero attached hydrogens (tertiary/aromatic N) is 2. The molecule has 0 aliphatic rings. The molecule has 0 bridgehead atoms. The van der Waals surface area contributed by atoms with Gasteiger partial charge in [0.25, 0.3) is 0 Å². The first kappa shape index (κ1) is 25.2. The van der Waals surface area contributed by atoms with Crippen molar-refractivity contribution < 1.29 is 19.5 Å². The molecule has 0 unspecified atom stereocenters. The Kier molecular flexibility index (Phi) is 11.3. The van der Waals surface area contributed by atoms with Crippen molar-refractivity contribution in [2.45, 2.75) is 43.8 Å². The normalized spacial score (nSPS) is 13.7. The number of carbonyl (C=O) groups excluding carboxylic acids is 2. The molecule has 13 heteroatoms. The van der Waals surface area contributed by atoms with Crippen LogP contribution in [0, 0.1) is 0 Å². The van der Waals surface area contributed by atoms with E-state index in [-0.39, 0.29) is 18.8 Å². The molecule has 0 saturated heterocycles. The highest BCUT2D eigenvalue weighted by molar-refractivity contribution is 7.98. The highest BCUT2D eigenvalue weighted by Gasteiger charge is 2.28. The molecule has 0 spiro atoms. The molecule has 1 rings (SSSR count). The third kappa shape index (κ3) is 9.60. The lowest BCUT2D eigenvalue weighted by atomic mass is 10.1. The minimum atomic E-state index is -1.14. The Hall–Kier alpha value is -2.80. The van der Waals surface area contributed by atoms with Crippen LogP contribution in [0.4, 0.5) is 0 Å². The molecule has 2 amide bonds. The number of rotatable bonds is 14. The number of carboxylic acids is 1. The number of hydrogen-bond donors (Lipinski definition) is 7. The van der Waals surface area contributed by atoms with Crippen LogP contribution in [0.3, 0.4) is 0 Å². The first-order valence-electron chi connectivity index (χ1n) is 9.35. The van der Waals surface area contributed by atoms with Gasteiger partial charge in [-0.15, -0.1) is 0 Å². The molecule has 0 radical (unpaired) electrons. The summed E-state index contributed by atoms with van der Waals surface area (Å²) in [6.07, 6.45) is 5.97. The lowest BCUT2D eigenvalue weighted by Crippen LogP contribution is -2.55. The van der Waals surface area contributed by atoms with Crippen LogP contribution in [-0.2, 0) is 20.8 Å². The predicted molar refractivity (Wildman–Crippen MR) is 115 cm³/mol. The molecule has 1 heterocycles. The molecule has 10 N–H and O–H groups in total. The van der Waals surface area contributed by atoms with Gasteiger partial charge in [-0.3, -0.25) is 14.6 Å². The lowest BCUT2D eigenvalue weighted by molar-refractivity contribution is -0.142. The second-order valence-electron chi connectivity index (χ2n) is 6.58. The Labute approximate surface area is 178 Å². The number of nitrogens with one attached hydrogen (secondary N) is 3. The monoisotopic (exact) mass is 442 g/mol. The van der Waals surface area contributed by atoms with Crippen molar-refractivity contribution in [1.29, 1.82) is 0 Å². The maximum atomic E-state index is 12.7. The first-order chi connectivity index (χ1) is 14.2. The van der Waals surface area contributed by atoms with Crippen LogP contribution in [0.2, 0.25) is 0 Å². The van der Waals surface area contributed by atoms with E-state index < -0.39 is 35.9 Å². The molecular formula is C17H30N8O4S. The van der Waals surface area contributed by atoms with Gasteiger partial charge in [0, 0.05) is 24.9 Å². The van der Waals surface area contributed by atoms with E-state index in [1.165, 1.54) is 24.3 Å². The fourth-order valence-electron chi connectivity index (χ4n) is 2.52. The summed E-state index contributed by atoms with van der Waals surface area (Å²) in [5, 5.41) is 14.4. The molecule has 168 valence electrons. The highest BCUT2D eigenvalue weighted by Crippen LogP contribution is 2.05. The van der Waals surface area contributed by atoms with Crippen LogP contribution < -0.4 is 27.8 Å². The zero-order valence-corrected chi connectivity index (χ0v) is 17.7. The number of hydrogen-bond acceptors (Lipinski definition) is 7. The number of aliphatic imine (C=N–C) groups is 1. The van der Waals surface area contributed by atoms with Crippen LogP contribution >= 0.6 is 11.8 Å². The van der Waals surface area contributed by atoms with Crippen LogP contribution in [0.5, 0.6) is 0 Å². The molecule has 30 heavy (non-hydrogen) atoms. The number of amides is 2. The van der Waals surface area contributed by atoms with Gasteiger partial charge in [-0.2, -0.15) is 11.8 Å². The van der Waals surface area contributed by atoms with Crippen LogP contribution in [-0.4, -0.2) is 75.5 Å². The van der Waals surface area contributed by atoms with Crippen molar-refractivity contribution in [1.82, 2.24) is 20.6 Å². The molecule has 3 atom stereocenters. The summed E-state index contributed by atoms with van der Waals surface area (Å²) < 4.78 is 0. The molecule has 0 aromatic carbocycles. The number of guanidine groups is 1. The SMILES string of the molecule is CSCC[C@H](NC(=O)[C@H](Cc1cnc[nH]1)NC(=O)[C@@H](N)CCCN=C(N)N)C(=O)O. The molecular weight excluding hydrogens is 412 g/mol. The van der Waals surface area contributed by atoms with Crippen molar-refractivity contribution in [3.63, 3.8) is 0 Å². The summed E-state index contributed by atoms with van der Waals surface area (Å²) in [5.41, 5.74) is 17.0. The van der Waals surface area contributed by atoms with Gasteiger partial charge in [0.1, 0.15) is 12.1 Å². The first-order valence-corrected chi connectivity index (χ1v) is 10.7. The molecule has 0 saturated carbocycles. The van der Waals surface area contributed by atoms with E-state index in [0.29, 0.717) is 30.8 Å². The molecule has 12 nitrogen and oxygen atoms in total. The number of thioether (sulfide) groups is 1. The zero-order valence-electron chi connectivity index (χ0n) is 16.8. The maximum Gasteiger partial charge on any atom is 0.326 e. The topological polar surface area (TPSA) is 215 Å². The molecule has 0 fully saturated rings. The number of carbonyl (C=O) groups is 3. The molecule has 1 aromatic heterocycles. The Morgan fingerprint density at radius 3 is 2.50 bits per heavy atom. The fourth-order valence-corrected chi connectivity index (χ4v) is 2.99. The van der Waals surface area contributed by atoms with Crippen molar-refractivity contribution in [3.8, 4) is 0 Å². The van der Waals surface area contributed by atoms with Crippen LogP contribution in [0.1, 0.15) is 25.0 Å². The minimum absolute atomic E-state index is 0.0428. The Morgan fingerprint density at radius 1 is 1.23 bits per heavy atom. The van der Waals surface area contributed by atoms with Crippen molar-refractivity contribution >= 4 is 35.5 Å². The second kappa shape index (κ2) is 13.4. The van der Waals surface area contributed by atoms with Gasteiger partial charge in [0.2, 0.25) is 11.8 Å². The smallest absolute Gasteiger partial charge is 0.326 e. The number of imidazole rings is 1. The Morgan fingerprint density at radius 2 is 1.93 bits per heavy atom. The number of aromatic amines is 1. The van der Waals surface area contributed by atoms with E-state index in [1.54, 1.807) is 0 Å². The second-order valence-corrected chi connectivity index (χ2v) is 7.56. The lowest BCUT2D eigenvalue weighted by Gasteiger charge is -2.22. The number of aromatic nitrogens is 2. The van der Waals surface area contributed by atoms with Gasteiger partial charge in [-0.25, -0.2) is 9.78 Å². The van der Waals surface area contributed by atoms with E-state index in [9.17, 15) is 19.5 Å². The summed E-state index contributed by atoms with van der Waals surface area (Å²) in [7, 11) is 0. The van der Waals surface area contributed by atoms with Crippen molar-refractivity contribution in [2.75, 3.05) is 18.6 Å². The summed E-state index contributed by atoms with van der Waals surface area (Å²) in [6, 6.07) is -2.94. The number of nitrogens with two attached hydrogens (primary N) is 3. The third-order valence-electron chi connectivity index (χ3n) is 4.14. The van der Waals surface area contributed by atoms with Crippen LogP contribution in [0.15, 0.2) is 17.5 Å². The van der Waals surface area contributed by atoms with Gasteiger partial charge in [-0.1, -0.05) is 0 Å². The zero-order chi connectivity index (χ0) is 22.5. The van der Waals surface area contributed by atoms with Gasteiger partial charge < -0.3 is 37.9 Å². The largest absolute Gasteiger partial charge is 0.480 e. The van der Waals surface area contributed by atoms with Gasteiger partial charge in [-0.05, 0) is 31.3 Å². The average Bonchev–Trinajstić information content (AvgIpc) is 3.20. The van der Waals surface area contributed by atoms with Crippen LogP contribution in [0.25, 0.3) is 0 Å². The van der Waals surface area contributed by atoms with E-state index >= 15 is 0 Å². The van der Waals surface area contributed by atoms with Gasteiger partial charge in [0.05, 0.1) is 12.4 Å². The average molecular weight is 443 g/mol. The summed E-state index contributed by atoms with van der Waals surface area (Å²) >= 11 is 1.47. The summed E-state index contributed by atoms with van der Waals surface area (Å²) in [5.74, 6) is -1.76. The fraction of sp³-hybridized carbons (Fsp3) is 0.588. The molecule has 0 aliphatic carbocycles. The molecule has 1 aromatic rings. The predicted octanol–water partition coefficient (Wildman–Crippen LogP) is -1.86. The summed E-state index contributed by atoms with van der Waals surface area (Å²) in [6.45, 7) is 0.330. The number of H-pyrrole nitrogens is 1. The van der Waals surface area contributed by atoms with E-state index in [0.717, 1.165) is 0 Å².